The molecule has 2 spiro atoms. The Morgan fingerprint density at radius 3 is 1.27 bits per heavy atom. The third kappa shape index (κ3) is 4.91. The third-order valence-corrected chi connectivity index (χ3v) is 16.6. The van der Waals surface area contributed by atoms with Gasteiger partial charge in [-0.15, -0.1) is 0 Å². The van der Waals surface area contributed by atoms with E-state index in [0.29, 0.717) is 13.1 Å². The molecule has 0 radical (unpaired) electrons. The topological polar surface area (TPSA) is 132 Å². The summed E-state index contributed by atoms with van der Waals surface area (Å²) in [5.74, 6) is 0.669. The molecule has 0 bridgehead atoms. The monoisotopic (exact) mass is 812 g/mol. The Kier molecular flexibility index (Phi) is 8.36. The van der Waals surface area contributed by atoms with Gasteiger partial charge in [0.25, 0.3) is 0 Å². The Balaban J connectivity index is 0.884. The fraction of sp³-hybridized carbons (Fsp3) is 0.542. The highest BCUT2D eigenvalue weighted by Gasteiger charge is 2.77. The lowest BCUT2D eigenvalue weighted by Gasteiger charge is -2.54. The third-order valence-electron chi connectivity index (χ3n) is 16.6. The van der Waals surface area contributed by atoms with E-state index in [1.807, 2.05) is 22.2 Å². The van der Waals surface area contributed by atoms with E-state index < -0.39 is 11.3 Å². The fourth-order valence-corrected chi connectivity index (χ4v) is 13.9. The van der Waals surface area contributed by atoms with E-state index in [1.165, 1.54) is 0 Å². The zero-order valence-electron chi connectivity index (χ0n) is 36.5. The van der Waals surface area contributed by atoms with Crippen LogP contribution in [0.4, 0.5) is 0 Å². The second-order valence-electron chi connectivity index (χ2n) is 20.8. The largest absolute Gasteiger partial charge is 0.406 e. The Morgan fingerprint density at radius 1 is 0.550 bits per heavy atom. The molecule has 6 aliphatic heterocycles. The molecule has 8 heterocycles. The molecule has 2 aromatic carbocycles. The number of aromatic nitrogens is 4. The predicted octanol–water partition coefficient (Wildman–Crippen LogP) is 8.02. The van der Waals surface area contributed by atoms with E-state index in [0.717, 1.165) is 96.7 Å². The van der Waals surface area contributed by atoms with Crippen LogP contribution in [-0.4, -0.2) is 97.8 Å². The first-order chi connectivity index (χ1) is 28.4. The number of H-pyrrole nitrogens is 2. The number of nitrogens with one attached hydrogen (secondary N) is 2. The Labute approximate surface area is 352 Å². The number of hydrogen-bond donors (Lipinski definition) is 2. The summed E-state index contributed by atoms with van der Waals surface area (Å²) in [6.45, 7) is 18.4. The maximum Gasteiger partial charge on any atom is 0.406 e. The molecule has 4 amide bonds. The second kappa shape index (κ2) is 12.8. The number of benzene rings is 2. The van der Waals surface area contributed by atoms with Crippen LogP contribution in [0.5, 0.6) is 0 Å². The van der Waals surface area contributed by atoms with Crippen molar-refractivity contribution in [3.63, 3.8) is 0 Å². The Morgan fingerprint density at radius 2 is 0.900 bits per heavy atom. The molecular weight excluding hydrogens is 753 g/mol. The van der Waals surface area contributed by atoms with Crippen LogP contribution in [0.3, 0.4) is 0 Å². The maximum atomic E-state index is 14.2. The molecule has 0 saturated carbocycles. The van der Waals surface area contributed by atoms with E-state index in [4.69, 9.17) is 9.97 Å². The van der Waals surface area contributed by atoms with Crippen LogP contribution in [0.1, 0.15) is 130 Å². The zero-order chi connectivity index (χ0) is 42.4. The van der Waals surface area contributed by atoms with Gasteiger partial charge < -0.3 is 9.97 Å². The van der Waals surface area contributed by atoms with Crippen LogP contribution >= 0.6 is 0 Å². The molecule has 6 saturated heterocycles. The molecule has 0 aliphatic carbocycles. The van der Waals surface area contributed by atoms with Crippen LogP contribution in [0, 0.1) is 11.8 Å². The summed E-state index contributed by atoms with van der Waals surface area (Å²) in [5, 5.41) is 0. The van der Waals surface area contributed by atoms with Crippen molar-refractivity contribution >= 4 is 23.6 Å². The van der Waals surface area contributed by atoms with Crippen molar-refractivity contribution in [1.29, 1.82) is 0 Å². The zero-order valence-corrected chi connectivity index (χ0v) is 36.5. The lowest BCUT2D eigenvalue weighted by atomic mass is 9.82. The van der Waals surface area contributed by atoms with Gasteiger partial charge in [0.05, 0.1) is 36.9 Å². The number of aromatic amines is 2. The number of amides is 4. The summed E-state index contributed by atoms with van der Waals surface area (Å²) in [6, 6.07) is 16.4. The molecule has 2 N–H and O–H groups in total. The summed E-state index contributed by atoms with van der Waals surface area (Å²) in [5.41, 5.74) is 3.99. The maximum absolute atomic E-state index is 14.2. The smallest absolute Gasteiger partial charge is 0.337 e. The number of carbonyl (C=O) groups excluding carboxylic acids is 4. The normalized spacial score (nSPS) is 35.6. The summed E-state index contributed by atoms with van der Waals surface area (Å²) in [7, 11) is 0. The number of nitrogens with zero attached hydrogens (tertiary/aromatic N) is 6. The molecule has 2 aromatic heterocycles. The number of rotatable bonds is 5. The van der Waals surface area contributed by atoms with E-state index in [-0.39, 0.29) is 67.6 Å². The van der Waals surface area contributed by atoms with Gasteiger partial charge in [0.1, 0.15) is 0 Å². The van der Waals surface area contributed by atoms with Gasteiger partial charge in [0.15, 0.2) is 35.1 Å². The minimum atomic E-state index is -0.600. The first-order valence-electron chi connectivity index (χ1n) is 22.3. The van der Waals surface area contributed by atoms with Crippen molar-refractivity contribution in [3.8, 4) is 33.6 Å². The summed E-state index contributed by atoms with van der Waals surface area (Å²) < 4.78 is 0.268. The molecule has 4 aromatic rings. The van der Waals surface area contributed by atoms with Gasteiger partial charge in [-0.3, -0.25) is 19.4 Å². The molecule has 6 aliphatic rings. The number of fused-ring (bicyclic) bond motifs is 4. The molecule has 8 atom stereocenters. The molecule has 60 heavy (non-hydrogen) atoms. The molecule has 8 unspecified atom stereocenters. The highest BCUT2D eigenvalue weighted by molar-refractivity contribution is 6.34. The van der Waals surface area contributed by atoms with Crippen molar-refractivity contribution < 1.29 is 28.1 Å². The average Bonchev–Trinajstić information content (AvgIpc) is 4.05. The number of imidazole rings is 2. The highest BCUT2D eigenvalue weighted by atomic mass is 16.2. The van der Waals surface area contributed by atoms with Crippen molar-refractivity contribution in [2.45, 2.75) is 141 Å². The first kappa shape index (κ1) is 39.2. The van der Waals surface area contributed by atoms with Crippen LogP contribution in [-0.2, 0) is 19.2 Å². The minimum absolute atomic E-state index is 0.134. The van der Waals surface area contributed by atoms with E-state index in [9.17, 15) is 19.2 Å². The number of hydrogen-bond acceptors (Lipinski definition) is 6. The van der Waals surface area contributed by atoms with E-state index in [2.05, 4.69) is 114 Å². The van der Waals surface area contributed by atoms with Crippen molar-refractivity contribution in [3.05, 3.63) is 72.6 Å². The SMILES string of the molecule is CC1CC[N+]2(C(=O)C(=O)N3C(C)(C)CCCC32C)C1c1ncc(-c2ccc(-c3ccc(-c4cnc(C5C(C)CC[N+]56C(=O)C(=O)N5C(C)(C)CCCC56C)[nH]4)cc3)cc2)[nH]1. The van der Waals surface area contributed by atoms with Crippen LogP contribution in [0.15, 0.2) is 60.9 Å². The molecular formula is C48H60N8O4+2. The lowest BCUT2D eigenvalue weighted by Crippen LogP contribution is -2.69. The van der Waals surface area contributed by atoms with Crippen molar-refractivity contribution in [2.75, 3.05) is 13.1 Å². The van der Waals surface area contributed by atoms with Gasteiger partial charge in [0, 0.05) is 62.4 Å². The van der Waals surface area contributed by atoms with Crippen LogP contribution in [0.25, 0.3) is 33.6 Å². The molecule has 12 heteroatoms. The van der Waals surface area contributed by atoms with E-state index >= 15 is 0 Å². The molecule has 10 rings (SSSR count). The molecule has 12 nitrogen and oxygen atoms in total. The highest BCUT2D eigenvalue weighted by Crippen LogP contribution is 2.59. The molecule has 314 valence electrons. The number of quaternary nitrogens is 2. The quantitative estimate of drug-likeness (QED) is 0.155. The van der Waals surface area contributed by atoms with Gasteiger partial charge in [-0.05, 0) is 75.6 Å². The summed E-state index contributed by atoms with van der Waals surface area (Å²) >= 11 is 0. The summed E-state index contributed by atoms with van der Waals surface area (Å²) in [6.07, 6.45) is 10.8. The minimum Gasteiger partial charge on any atom is -0.337 e. The van der Waals surface area contributed by atoms with E-state index in [1.54, 1.807) is 0 Å². The van der Waals surface area contributed by atoms with Gasteiger partial charge in [0.2, 0.25) is 0 Å². The van der Waals surface area contributed by atoms with Gasteiger partial charge in [-0.1, -0.05) is 62.4 Å². The standard InChI is InChI=1S/C48H60N8O4/c1-29-19-25-55(43(59)41(57)53-45(3,4)21-9-23-47(53,55)7)37(29)39-49-27-35(51-39)33-15-11-31(12-16-33)32-13-17-34(18-14-32)36-28-50-40(52-36)38-30(2)20-26-56(38)44(60)42(58)54-46(5,6)22-10-24-48(54,56)8/h11-18,27-30,37-38H,9-10,19-26H2,1-8H3,(H,49,51)(H,50,52)/q+2. The fourth-order valence-electron chi connectivity index (χ4n) is 13.9. The summed E-state index contributed by atoms with van der Waals surface area (Å²) in [4.78, 5) is 76.8. The Hall–Kier alpha value is -4.94. The Bertz CT molecular complexity index is 2280. The number of carbonyl (C=O) groups is 4. The van der Waals surface area contributed by atoms with Crippen LogP contribution in [0.2, 0.25) is 0 Å². The van der Waals surface area contributed by atoms with Gasteiger partial charge >= 0.3 is 23.6 Å². The van der Waals surface area contributed by atoms with Crippen molar-refractivity contribution in [2.24, 2.45) is 11.8 Å². The lowest BCUT2D eigenvalue weighted by molar-refractivity contribution is -0.927. The number of piperidine rings is 2. The first-order valence-corrected chi connectivity index (χ1v) is 22.3. The second-order valence-corrected chi connectivity index (χ2v) is 20.8. The van der Waals surface area contributed by atoms with Gasteiger partial charge in [-0.2, -0.15) is 0 Å². The predicted molar refractivity (Wildman–Crippen MR) is 227 cm³/mol. The average molecular weight is 813 g/mol. The molecule has 6 fully saturated rings. The van der Waals surface area contributed by atoms with Gasteiger partial charge in [-0.25, -0.2) is 28.5 Å². The van der Waals surface area contributed by atoms with Crippen molar-refractivity contribution in [1.82, 2.24) is 29.7 Å². The van der Waals surface area contributed by atoms with Crippen LogP contribution < -0.4 is 0 Å².